The number of aromatic nitrogens is 3. The van der Waals surface area contributed by atoms with Crippen LogP contribution in [0.2, 0.25) is 0 Å². The van der Waals surface area contributed by atoms with Gasteiger partial charge in [-0.2, -0.15) is 0 Å². The van der Waals surface area contributed by atoms with Gasteiger partial charge in [0.05, 0.1) is 13.2 Å². The summed E-state index contributed by atoms with van der Waals surface area (Å²) >= 11 is 0. The van der Waals surface area contributed by atoms with Crippen molar-refractivity contribution < 1.29 is 14.3 Å². The van der Waals surface area contributed by atoms with Gasteiger partial charge in [0.25, 0.3) is 5.91 Å². The first-order valence-corrected chi connectivity index (χ1v) is 7.49. The second kappa shape index (κ2) is 7.51. The molecule has 0 aromatic carbocycles. The van der Waals surface area contributed by atoms with Gasteiger partial charge in [-0.15, -0.1) is 10.2 Å². The molecule has 0 spiro atoms. The summed E-state index contributed by atoms with van der Waals surface area (Å²) in [5, 5.41) is 7.91. The van der Waals surface area contributed by atoms with Crippen LogP contribution < -0.4 is 0 Å². The third kappa shape index (κ3) is 4.01. The van der Waals surface area contributed by atoms with Crippen molar-refractivity contribution in [2.45, 2.75) is 38.9 Å². The number of amides is 1. The Balaban J connectivity index is 1.91. The molecule has 0 radical (unpaired) electrons. The van der Waals surface area contributed by atoms with Crippen molar-refractivity contribution in [3.05, 3.63) is 12.2 Å². The van der Waals surface area contributed by atoms with Crippen molar-refractivity contribution in [2.24, 2.45) is 7.05 Å². The summed E-state index contributed by atoms with van der Waals surface area (Å²) in [4.78, 5) is 14.2. The molecule has 1 aliphatic heterocycles. The van der Waals surface area contributed by atoms with Gasteiger partial charge in [-0.1, -0.05) is 13.3 Å². The van der Waals surface area contributed by atoms with Crippen molar-refractivity contribution in [1.82, 2.24) is 19.7 Å². The lowest BCUT2D eigenvalue weighted by atomic mass is 10.2. The molecule has 118 valence electrons. The molecule has 0 saturated carbocycles. The Morgan fingerprint density at radius 1 is 1.62 bits per heavy atom. The SMILES string of the molecule is CCCCO[C@H](C)C(=O)N1CCO[C@H](c2nncn2C)C1. The molecule has 0 aliphatic carbocycles. The van der Waals surface area contributed by atoms with E-state index in [1.54, 1.807) is 11.2 Å². The molecule has 0 bridgehead atoms. The minimum atomic E-state index is -0.408. The summed E-state index contributed by atoms with van der Waals surface area (Å²) in [7, 11) is 1.87. The van der Waals surface area contributed by atoms with Crippen LogP contribution in [-0.2, 0) is 21.3 Å². The third-order valence-electron chi connectivity index (χ3n) is 3.63. The Labute approximate surface area is 125 Å². The fraction of sp³-hybridized carbons (Fsp3) is 0.786. The molecule has 7 nitrogen and oxygen atoms in total. The van der Waals surface area contributed by atoms with Gasteiger partial charge in [0.2, 0.25) is 0 Å². The Morgan fingerprint density at radius 2 is 2.43 bits per heavy atom. The normalized spacial score (nSPS) is 20.5. The van der Waals surface area contributed by atoms with Gasteiger partial charge in [0.15, 0.2) is 5.82 Å². The first-order chi connectivity index (χ1) is 10.1. The predicted molar refractivity (Wildman–Crippen MR) is 76.6 cm³/mol. The van der Waals surface area contributed by atoms with Gasteiger partial charge in [-0.3, -0.25) is 4.79 Å². The van der Waals surface area contributed by atoms with Crippen LogP contribution in [0, 0.1) is 0 Å². The van der Waals surface area contributed by atoms with E-state index in [1.165, 1.54) is 0 Å². The molecule has 1 aromatic rings. The predicted octanol–water partition coefficient (Wildman–Crippen LogP) is 0.920. The van der Waals surface area contributed by atoms with E-state index < -0.39 is 6.10 Å². The summed E-state index contributed by atoms with van der Waals surface area (Å²) in [5.74, 6) is 0.758. The molecule has 1 amide bonds. The summed E-state index contributed by atoms with van der Waals surface area (Å²) in [6.07, 6.45) is 3.04. The second-order valence-electron chi connectivity index (χ2n) is 5.31. The molecule has 2 rings (SSSR count). The summed E-state index contributed by atoms with van der Waals surface area (Å²) < 4.78 is 13.1. The molecular formula is C14H24N4O3. The molecule has 21 heavy (non-hydrogen) atoms. The largest absolute Gasteiger partial charge is 0.369 e. The Bertz CT molecular complexity index is 463. The molecule has 1 aromatic heterocycles. The number of nitrogens with zero attached hydrogens (tertiary/aromatic N) is 4. The average Bonchev–Trinajstić information content (AvgIpc) is 2.93. The number of ether oxygens (including phenoxy) is 2. The van der Waals surface area contributed by atoms with E-state index in [0.717, 1.165) is 18.7 Å². The van der Waals surface area contributed by atoms with E-state index in [4.69, 9.17) is 9.47 Å². The van der Waals surface area contributed by atoms with Gasteiger partial charge in [-0.25, -0.2) is 0 Å². The zero-order valence-corrected chi connectivity index (χ0v) is 13.0. The maximum atomic E-state index is 12.4. The van der Waals surface area contributed by atoms with Crippen LogP contribution in [0.5, 0.6) is 0 Å². The van der Waals surface area contributed by atoms with E-state index in [9.17, 15) is 4.79 Å². The van der Waals surface area contributed by atoms with Crippen molar-refractivity contribution >= 4 is 5.91 Å². The van der Waals surface area contributed by atoms with Crippen molar-refractivity contribution in [1.29, 1.82) is 0 Å². The maximum absolute atomic E-state index is 12.4. The van der Waals surface area contributed by atoms with Gasteiger partial charge in [0.1, 0.15) is 18.5 Å². The second-order valence-corrected chi connectivity index (χ2v) is 5.31. The molecule has 1 fully saturated rings. The van der Waals surface area contributed by atoms with Gasteiger partial charge >= 0.3 is 0 Å². The molecule has 0 N–H and O–H groups in total. The summed E-state index contributed by atoms with van der Waals surface area (Å²) in [6.45, 7) is 6.13. The average molecular weight is 296 g/mol. The van der Waals surface area contributed by atoms with Gasteiger partial charge < -0.3 is 18.9 Å². The fourth-order valence-electron chi connectivity index (χ4n) is 2.32. The van der Waals surface area contributed by atoms with Crippen LogP contribution in [-0.4, -0.2) is 58.0 Å². The first-order valence-electron chi connectivity index (χ1n) is 7.49. The first kappa shape index (κ1) is 15.9. The van der Waals surface area contributed by atoms with Crippen molar-refractivity contribution in [2.75, 3.05) is 26.3 Å². The number of carbonyl (C=O) groups is 1. The van der Waals surface area contributed by atoms with Gasteiger partial charge in [-0.05, 0) is 13.3 Å². The highest BCUT2D eigenvalue weighted by atomic mass is 16.5. The number of rotatable bonds is 6. The van der Waals surface area contributed by atoms with Crippen LogP contribution in [0.25, 0.3) is 0 Å². The lowest BCUT2D eigenvalue weighted by Crippen LogP contribution is -2.47. The molecular weight excluding hydrogens is 272 g/mol. The maximum Gasteiger partial charge on any atom is 0.251 e. The number of aryl methyl sites for hydroxylation is 1. The number of hydrogen-bond donors (Lipinski definition) is 0. The highest BCUT2D eigenvalue weighted by molar-refractivity contribution is 5.80. The van der Waals surface area contributed by atoms with E-state index >= 15 is 0 Å². The minimum absolute atomic E-state index is 0.0153. The van der Waals surface area contributed by atoms with Gasteiger partial charge in [0, 0.05) is 20.2 Å². The monoisotopic (exact) mass is 296 g/mol. The van der Waals surface area contributed by atoms with Crippen molar-refractivity contribution in [3.63, 3.8) is 0 Å². The standard InChI is InChI=1S/C14H24N4O3/c1-4-5-7-20-11(2)14(19)18-6-8-21-12(9-18)13-16-15-10-17(13)3/h10-12H,4-9H2,1-3H3/t11-,12+/m1/s1. The molecule has 1 saturated heterocycles. The van der Waals surface area contributed by atoms with Crippen LogP contribution >= 0.6 is 0 Å². The summed E-state index contributed by atoms with van der Waals surface area (Å²) in [6, 6.07) is 0. The molecule has 1 aliphatic rings. The summed E-state index contributed by atoms with van der Waals surface area (Å²) in [5.41, 5.74) is 0. The van der Waals surface area contributed by atoms with Crippen LogP contribution in [0.1, 0.15) is 38.6 Å². The third-order valence-corrected chi connectivity index (χ3v) is 3.63. The molecule has 2 atom stereocenters. The highest BCUT2D eigenvalue weighted by Gasteiger charge is 2.30. The molecule has 7 heteroatoms. The number of carbonyl (C=O) groups excluding carboxylic acids is 1. The molecule has 0 unspecified atom stereocenters. The Hall–Kier alpha value is -1.47. The Morgan fingerprint density at radius 3 is 3.10 bits per heavy atom. The van der Waals surface area contributed by atoms with E-state index in [0.29, 0.717) is 26.3 Å². The van der Waals surface area contributed by atoms with Crippen molar-refractivity contribution in [3.8, 4) is 0 Å². The quantitative estimate of drug-likeness (QED) is 0.730. The van der Waals surface area contributed by atoms with E-state index in [-0.39, 0.29) is 12.0 Å². The minimum Gasteiger partial charge on any atom is -0.369 e. The lowest BCUT2D eigenvalue weighted by Gasteiger charge is -2.33. The zero-order chi connectivity index (χ0) is 15.2. The highest BCUT2D eigenvalue weighted by Crippen LogP contribution is 2.20. The zero-order valence-electron chi connectivity index (χ0n) is 13.0. The number of hydrogen-bond acceptors (Lipinski definition) is 5. The number of morpholine rings is 1. The lowest BCUT2D eigenvalue weighted by molar-refractivity contribution is -0.150. The van der Waals surface area contributed by atoms with Crippen LogP contribution in [0.15, 0.2) is 6.33 Å². The Kier molecular flexibility index (Phi) is 5.69. The fourth-order valence-corrected chi connectivity index (χ4v) is 2.32. The number of unbranched alkanes of at least 4 members (excludes halogenated alkanes) is 1. The smallest absolute Gasteiger partial charge is 0.251 e. The van der Waals surface area contributed by atoms with E-state index in [2.05, 4.69) is 17.1 Å². The molecule has 2 heterocycles. The van der Waals surface area contributed by atoms with E-state index in [1.807, 2.05) is 18.5 Å². The topological polar surface area (TPSA) is 69.5 Å². The van der Waals surface area contributed by atoms with Crippen LogP contribution in [0.4, 0.5) is 0 Å². The van der Waals surface area contributed by atoms with Crippen LogP contribution in [0.3, 0.4) is 0 Å².